The summed E-state index contributed by atoms with van der Waals surface area (Å²) >= 11 is 3.56. The Morgan fingerprint density at radius 1 is 0.976 bits per heavy atom. The Labute approximate surface area is 256 Å². The maximum absolute atomic E-state index is 13.4. The second kappa shape index (κ2) is 12.2. The molecule has 2 aromatic heterocycles. The van der Waals surface area contributed by atoms with Gasteiger partial charge >= 0.3 is 18.3 Å². The number of halogens is 1. The lowest BCUT2D eigenvalue weighted by atomic mass is 9.90. The van der Waals surface area contributed by atoms with Crippen LogP contribution in [-0.2, 0) is 14.2 Å². The van der Waals surface area contributed by atoms with Crippen LogP contribution in [0.2, 0.25) is 0 Å². The van der Waals surface area contributed by atoms with Crippen LogP contribution in [0.25, 0.3) is 16.5 Å². The minimum atomic E-state index is -0.907. The molecule has 0 spiro atoms. The van der Waals surface area contributed by atoms with Crippen LogP contribution >= 0.6 is 15.9 Å². The summed E-state index contributed by atoms with van der Waals surface area (Å²) in [6.45, 7) is 19.8. The molecule has 0 radical (unpaired) electrons. The second-order valence-electron chi connectivity index (χ2n) is 13.7. The van der Waals surface area contributed by atoms with Crippen molar-refractivity contribution < 1.29 is 28.6 Å². The van der Waals surface area contributed by atoms with E-state index < -0.39 is 35.1 Å². The van der Waals surface area contributed by atoms with Gasteiger partial charge in [-0.15, -0.1) is 0 Å². The van der Waals surface area contributed by atoms with Crippen molar-refractivity contribution in [2.24, 2.45) is 0 Å². The van der Waals surface area contributed by atoms with Crippen LogP contribution in [0.5, 0.6) is 0 Å². The highest BCUT2D eigenvalue weighted by Crippen LogP contribution is 2.40. The van der Waals surface area contributed by atoms with E-state index in [1.165, 1.54) is 0 Å². The van der Waals surface area contributed by atoms with Crippen LogP contribution in [0.1, 0.15) is 107 Å². The Kier molecular flexibility index (Phi) is 9.71. The number of pyridine rings is 1. The fourth-order valence-electron chi connectivity index (χ4n) is 4.44. The summed E-state index contributed by atoms with van der Waals surface area (Å²) in [5, 5.41) is 8.13. The van der Waals surface area contributed by atoms with Gasteiger partial charge in [0.15, 0.2) is 5.82 Å². The Hall–Kier alpha value is -3.15. The molecule has 0 aliphatic heterocycles. The van der Waals surface area contributed by atoms with E-state index in [9.17, 15) is 14.4 Å². The molecule has 232 valence electrons. The number of ether oxygens (including phenoxy) is 3. The summed E-state index contributed by atoms with van der Waals surface area (Å²) in [6, 6.07) is -0.113. The predicted molar refractivity (Wildman–Crippen MR) is 166 cm³/mol. The molecule has 3 amide bonds. The van der Waals surface area contributed by atoms with E-state index in [0.717, 1.165) is 16.0 Å². The van der Waals surface area contributed by atoms with Crippen LogP contribution in [0.3, 0.4) is 0 Å². The number of carbonyl (C=O) groups excluding carboxylic acids is 3. The molecule has 42 heavy (non-hydrogen) atoms. The summed E-state index contributed by atoms with van der Waals surface area (Å²) in [7, 11) is 0. The van der Waals surface area contributed by atoms with Gasteiger partial charge in [0.2, 0.25) is 0 Å². The van der Waals surface area contributed by atoms with Crippen molar-refractivity contribution in [2.75, 3.05) is 4.90 Å². The first kappa shape index (κ1) is 33.4. The summed E-state index contributed by atoms with van der Waals surface area (Å²) in [6.07, 6.45) is 3.45. The number of hydrogen-bond acceptors (Lipinski definition) is 8. The van der Waals surface area contributed by atoms with E-state index in [4.69, 9.17) is 19.3 Å². The number of fused-ring (bicyclic) bond motifs is 1. The zero-order valence-electron chi connectivity index (χ0n) is 26.5. The molecule has 0 aromatic carbocycles. The third kappa shape index (κ3) is 8.45. The van der Waals surface area contributed by atoms with E-state index in [0.29, 0.717) is 34.8 Å². The zero-order chi connectivity index (χ0) is 31.8. The summed E-state index contributed by atoms with van der Waals surface area (Å²) < 4.78 is 18.9. The molecule has 11 nitrogen and oxygen atoms in total. The van der Waals surface area contributed by atoms with Crippen molar-refractivity contribution in [1.82, 2.24) is 20.1 Å². The number of nitrogens with one attached hydrogen (secondary N) is 1. The molecule has 0 fully saturated rings. The third-order valence-electron chi connectivity index (χ3n) is 5.99. The molecule has 1 N–H and O–H groups in total. The Bertz CT molecular complexity index is 1350. The first-order valence-electron chi connectivity index (χ1n) is 14.2. The van der Waals surface area contributed by atoms with Crippen LogP contribution < -0.4 is 10.2 Å². The van der Waals surface area contributed by atoms with Gasteiger partial charge in [0.1, 0.15) is 21.4 Å². The third-order valence-corrected chi connectivity index (χ3v) is 6.55. The lowest BCUT2D eigenvalue weighted by Crippen LogP contribution is -2.44. The molecule has 0 saturated carbocycles. The maximum atomic E-state index is 13.4. The molecule has 3 rings (SSSR count). The molecule has 0 bridgehead atoms. The van der Waals surface area contributed by atoms with Crippen molar-refractivity contribution in [3.63, 3.8) is 0 Å². The van der Waals surface area contributed by atoms with Gasteiger partial charge in [-0.2, -0.15) is 10.00 Å². The van der Waals surface area contributed by atoms with Gasteiger partial charge < -0.3 is 19.5 Å². The SMILES string of the molecule is CC(C)n1nc(Br)c2c(N(C(=O)OC(C)(C)C)C(=O)OC(C)(C)C)ncc(C3=CCC(NC(=O)OC(C)(C)C)CC3)c21. The van der Waals surface area contributed by atoms with Gasteiger partial charge in [0.25, 0.3) is 0 Å². The number of alkyl carbamates (subject to hydrolysis) is 1. The molecule has 2 aromatic rings. The molecule has 1 unspecified atom stereocenters. The fourth-order valence-corrected chi connectivity index (χ4v) is 4.98. The van der Waals surface area contributed by atoms with Gasteiger partial charge in [0.05, 0.1) is 10.9 Å². The molecule has 1 atom stereocenters. The van der Waals surface area contributed by atoms with Gasteiger partial charge in [-0.25, -0.2) is 19.4 Å². The Morgan fingerprint density at radius 2 is 1.52 bits per heavy atom. The minimum absolute atomic E-state index is 0.0462. The average molecular weight is 651 g/mol. The maximum Gasteiger partial charge on any atom is 0.425 e. The van der Waals surface area contributed by atoms with Gasteiger partial charge in [-0.1, -0.05) is 6.08 Å². The number of nitrogens with zero attached hydrogens (tertiary/aromatic N) is 4. The number of rotatable bonds is 4. The van der Waals surface area contributed by atoms with Crippen molar-refractivity contribution in [3.05, 3.63) is 22.4 Å². The highest BCUT2D eigenvalue weighted by Gasteiger charge is 2.37. The summed E-state index contributed by atoms with van der Waals surface area (Å²) in [5.74, 6) is 0.0527. The van der Waals surface area contributed by atoms with E-state index in [-0.39, 0.29) is 17.9 Å². The standard InChI is InChI=1S/C30H44BrN5O6/c1-17(2)36-22-20(18-12-14-19(15-13-18)33-25(37)40-28(3,4)5)16-32-24(21(22)23(31)34-36)35(26(38)41-29(6,7)8)27(39)42-30(9,10)11/h12,16-17,19H,13-15H2,1-11H3,(H,33,37). The van der Waals surface area contributed by atoms with E-state index in [1.807, 2.05) is 39.3 Å². The van der Waals surface area contributed by atoms with Gasteiger partial charge in [-0.3, -0.25) is 4.68 Å². The molecule has 2 heterocycles. The van der Waals surface area contributed by atoms with Crippen molar-refractivity contribution in [3.8, 4) is 0 Å². The number of allylic oxidation sites excluding steroid dienone is 1. The molecule has 0 saturated heterocycles. The fraction of sp³-hybridized carbons (Fsp3) is 0.633. The topological polar surface area (TPSA) is 125 Å². The molecule has 1 aliphatic rings. The largest absolute Gasteiger partial charge is 0.444 e. The highest BCUT2D eigenvalue weighted by atomic mass is 79.9. The van der Waals surface area contributed by atoms with E-state index in [2.05, 4.69) is 32.3 Å². The van der Waals surface area contributed by atoms with Gasteiger partial charge in [0, 0.05) is 23.8 Å². The monoisotopic (exact) mass is 649 g/mol. The molecular weight excluding hydrogens is 606 g/mol. The number of imide groups is 1. The highest BCUT2D eigenvalue weighted by molar-refractivity contribution is 9.10. The molecule has 12 heteroatoms. The minimum Gasteiger partial charge on any atom is -0.444 e. The molecule has 1 aliphatic carbocycles. The lowest BCUT2D eigenvalue weighted by Gasteiger charge is -2.29. The van der Waals surface area contributed by atoms with Crippen LogP contribution in [0.4, 0.5) is 20.2 Å². The second-order valence-corrected chi connectivity index (χ2v) is 14.4. The van der Waals surface area contributed by atoms with Crippen molar-refractivity contribution in [1.29, 1.82) is 0 Å². The van der Waals surface area contributed by atoms with Crippen LogP contribution in [0, 0.1) is 0 Å². The first-order valence-corrected chi connectivity index (χ1v) is 15.0. The molecular formula is C30H44BrN5O6. The number of hydrogen-bond donors (Lipinski definition) is 1. The smallest absolute Gasteiger partial charge is 0.425 e. The predicted octanol–water partition coefficient (Wildman–Crippen LogP) is 7.91. The van der Waals surface area contributed by atoms with Crippen LogP contribution in [-0.4, -0.2) is 55.9 Å². The van der Waals surface area contributed by atoms with Crippen molar-refractivity contribution >= 4 is 56.5 Å². The first-order chi connectivity index (χ1) is 19.2. The van der Waals surface area contributed by atoms with Gasteiger partial charge in [-0.05, 0) is 117 Å². The number of aromatic nitrogens is 3. The number of carbonyl (C=O) groups is 3. The summed E-state index contributed by atoms with van der Waals surface area (Å²) in [5.41, 5.74) is 0.248. The van der Waals surface area contributed by atoms with E-state index in [1.54, 1.807) is 47.7 Å². The quantitative estimate of drug-likeness (QED) is 0.331. The summed E-state index contributed by atoms with van der Waals surface area (Å²) in [4.78, 5) is 44.7. The van der Waals surface area contributed by atoms with Crippen molar-refractivity contribution in [2.45, 2.75) is 124 Å². The lowest BCUT2D eigenvalue weighted by molar-refractivity contribution is 0.0426. The Balaban J connectivity index is 2.11. The Morgan fingerprint density at radius 3 is 1.98 bits per heavy atom. The zero-order valence-corrected chi connectivity index (χ0v) is 28.1. The number of anilines is 1. The van der Waals surface area contributed by atoms with E-state index >= 15 is 0 Å². The number of amides is 3. The normalized spacial score (nSPS) is 16.2. The van der Waals surface area contributed by atoms with Crippen LogP contribution in [0.15, 0.2) is 16.9 Å². The average Bonchev–Trinajstić information content (AvgIpc) is 3.14.